The van der Waals surface area contributed by atoms with Crippen LogP contribution in [0, 0.1) is 17.2 Å². The number of aromatic hydroxyl groups is 1. The number of carboxylic acids is 1. The van der Waals surface area contributed by atoms with E-state index in [1.54, 1.807) is 17.0 Å². The van der Waals surface area contributed by atoms with Crippen molar-refractivity contribution in [2.45, 2.75) is 12.8 Å². The number of rotatable bonds is 5. The molecule has 2 saturated heterocycles. The first-order chi connectivity index (χ1) is 15.3. The number of aromatic nitrogens is 2. The molecule has 3 N–H and O–H groups in total. The summed E-state index contributed by atoms with van der Waals surface area (Å²) in [5.74, 6) is -1.90. The molecule has 2 aliphatic rings. The summed E-state index contributed by atoms with van der Waals surface area (Å²) in [7, 11) is 0. The second-order valence-corrected chi connectivity index (χ2v) is 7.82. The predicted molar refractivity (Wildman–Crippen MR) is 110 cm³/mol. The van der Waals surface area contributed by atoms with Gasteiger partial charge in [-0.2, -0.15) is 0 Å². The highest BCUT2D eigenvalue weighted by Crippen LogP contribution is 2.47. The molecule has 170 valence electrons. The van der Waals surface area contributed by atoms with Gasteiger partial charge in [-0.3, -0.25) is 19.4 Å². The molecule has 2 aliphatic heterocycles. The van der Waals surface area contributed by atoms with Crippen LogP contribution in [0.3, 0.4) is 0 Å². The summed E-state index contributed by atoms with van der Waals surface area (Å²) in [4.78, 5) is 43.8. The fourth-order valence-electron chi connectivity index (χ4n) is 4.57. The minimum absolute atomic E-state index is 0.00998. The second-order valence-electron chi connectivity index (χ2n) is 7.82. The van der Waals surface area contributed by atoms with Crippen LogP contribution in [0.25, 0.3) is 0 Å². The quantitative estimate of drug-likeness (QED) is 0.581. The summed E-state index contributed by atoms with van der Waals surface area (Å²) < 4.78 is 14.2. The van der Waals surface area contributed by atoms with Crippen LogP contribution in [0.15, 0.2) is 36.8 Å². The van der Waals surface area contributed by atoms with Gasteiger partial charge in [0.25, 0.3) is 12.4 Å². The van der Waals surface area contributed by atoms with Crippen LogP contribution in [-0.2, 0) is 9.59 Å². The van der Waals surface area contributed by atoms with Crippen molar-refractivity contribution >= 4 is 24.0 Å². The number of carbonyl (C=O) groups excluding carboxylic acids is 1. The molecule has 10 nitrogen and oxygen atoms in total. The molecule has 2 fully saturated rings. The van der Waals surface area contributed by atoms with Gasteiger partial charge in [0.15, 0.2) is 11.5 Å². The summed E-state index contributed by atoms with van der Waals surface area (Å²) in [6.45, 7) is 1.45. The Morgan fingerprint density at radius 2 is 2.00 bits per heavy atom. The van der Waals surface area contributed by atoms with Gasteiger partial charge in [0.2, 0.25) is 0 Å². The number of amides is 1. The molecule has 2 unspecified atom stereocenters. The number of aliphatic carboxylic acids is 1. The van der Waals surface area contributed by atoms with Gasteiger partial charge < -0.3 is 25.1 Å². The molecule has 4 heterocycles. The fourth-order valence-corrected chi connectivity index (χ4v) is 4.57. The van der Waals surface area contributed by atoms with Gasteiger partial charge in [0.1, 0.15) is 5.75 Å². The highest BCUT2D eigenvalue weighted by molar-refractivity contribution is 5.95. The third kappa shape index (κ3) is 4.61. The van der Waals surface area contributed by atoms with E-state index in [4.69, 9.17) is 9.90 Å². The summed E-state index contributed by atoms with van der Waals surface area (Å²) in [6.07, 6.45) is 4.48. The molecule has 0 spiro atoms. The first kappa shape index (κ1) is 22.9. The average molecular weight is 446 g/mol. The standard InChI is InChI=1S/C20H21FN4O4.CH2O2/c21-14-8-22-7-4-15(14)24-9-13-10-25(12-20(13,11-24)5-3-17(27)28)19(29)18-16(26)2-1-6-23-18;2-1-3/h1-2,4,6-8,13,26H,3,5,9-12H2,(H,27,28);1H,(H,2,3). The van der Waals surface area contributed by atoms with Gasteiger partial charge in [-0.25, -0.2) is 9.37 Å². The molecule has 2 aromatic heterocycles. The van der Waals surface area contributed by atoms with Crippen LogP contribution < -0.4 is 4.90 Å². The van der Waals surface area contributed by atoms with Crippen molar-refractivity contribution in [2.24, 2.45) is 11.3 Å². The van der Waals surface area contributed by atoms with E-state index in [1.165, 1.54) is 18.5 Å². The molecule has 32 heavy (non-hydrogen) atoms. The zero-order valence-corrected chi connectivity index (χ0v) is 17.1. The van der Waals surface area contributed by atoms with E-state index in [0.29, 0.717) is 38.3 Å². The van der Waals surface area contributed by atoms with Crippen LogP contribution in [0.1, 0.15) is 23.3 Å². The number of pyridine rings is 2. The predicted octanol–water partition coefficient (Wildman–Crippen LogP) is 1.47. The van der Waals surface area contributed by atoms with Gasteiger partial charge in [-0.1, -0.05) is 0 Å². The Labute approximate surface area is 182 Å². The Hall–Kier alpha value is -3.76. The number of anilines is 1. The van der Waals surface area contributed by atoms with E-state index < -0.39 is 17.2 Å². The third-order valence-electron chi connectivity index (χ3n) is 5.96. The van der Waals surface area contributed by atoms with Crippen LogP contribution in [-0.4, -0.2) is 74.7 Å². The maximum atomic E-state index is 14.2. The summed E-state index contributed by atoms with van der Waals surface area (Å²) in [5, 5.41) is 26.1. The molecule has 0 saturated carbocycles. The lowest BCUT2D eigenvalue weighted by Gasteiger charge is -2.29. The number of likely N-dealkylation sites (tertiary alicyclic amines) is 1. The Balaban J connectivity index is 0.000000913. The molecule has 2 aromatic rings. The minimum atomic E-state index is -0.904. The summed E-state index contributed by atoms with van der Waals surface area (Å²) in [6, 6.07) is 4.56. The lowest BCUT2D eigenvalue weighted by Crippen LogP contribution is -2.37. The fraction of sp³-hybridized carbons (Fsp3) is 0.381. The summed E-state index contributed by atoms with van der Waals surface area (Å²) in [5.41, 5.74) is -0.0454. The van der Waals surface area contributed by atoms with Crippen molar-refractivity contribution in [3.05, 3.63) is 48.3 Å². The largest absolute Gasteiger partial charge is 0.505 e. The number of nitrogens with zero attached hydrogens (tertiary/aromatic N) is 4. The Morgan fingerprint density at radius 3 is 2.66 bits per heavy atom. The van der Waals surface area contributed by atoms with E-state index in [0.717, 1.165) is 6.20 Å². The lowest BCUT2D eigenvalue weighted by atomic mass is 9.77. The molecule has 1 amide bonds. The highest BCUT2D eigenvalue weighted by atomic mass is 19.1. The van der Waals surface area contributed by atoms with Crippen molar-refractivity contribution in [3.8, 4) is 5.75 Å². The number of hydrogen-bond acceptors (Lipinski definition) is 7. The van der Waals surface area contributed by atoms with E-state index in [1.807, 2.05) is 4.90 Å². The van der Waals surface area contributed by atoms with Crippen molar-refractivity contribution in [2.75, 3.05) is 31.1 Å². The van der Waals surface area contributed by atoms with E-state index in [2.05, 4.69) is 9.97 Å². The maximum Gasteiger partial charge on any atom is 0.303 e. The Kier molecular flexibility index (Phi) is 6.86. The SMILES string of the molecule is O=C(O)CCC12CN(C(=O)c3ncccc3O)CC1CN(c1ccncc1F)C2.O=CO. The number of fused-ring (bicyclic) bond motifs is 1. The minimum Gasteiger partial charge on any atom is -0.505 e. The normalized spacial score (nSPS) is 21.5. The number of carboxylic acid groups (broad SMARTS) is 2. The summed E-state index contributed by atoms with van der Waals surface area (Å²) >= 11 is 0. The smallest absolute Gasteiger partial charge is 0.303 e. The molecule has 0 aliphatic carbocycles. The van der Waals surface area contributed by atoms with Gasteiger partial charge in [-0.05, 0) is 24.6 Å². The molecule has 11 heteroatoms. The second kappa shape index (κ2) is 9.58. The first-order valence-corrected chi connectivity index (χ1v) is 9.88. The number of halogens is 1. The Morgan fingerprint density at radius 1 is 1.25 bits per heavy atom. The van der Waals surface area contributed by atoms with Crippen molar-refractivity contribution in [3.63, 3.8) is 0 Å². The number of carbonyl (C=O) groups is 3. The third-order valence-corrected chi connectivity index (χ3v) is 5.96. The van der Waals surface area contributed by atoms with Gasteiger partial charge in [-0.15, -0.1) is 0 Å². The van der Waals surface area contributed by atoms with Crippen LogP contribution in [0.4, 0.5) is 10.1 Å². The average Bonchev–Trinajstić information content (AvgIpc) is 3.28. The maximum absolute atomic E-state index is 14.2. The van der Waals surface area contributed by atoms with Crippen molar-refractivity contribution in [1.29, 1.82) is 0 Å². The van der Waals surface area contributed by atoms with Crippen molar-refractivity contribution in [1.82, 2.24) is 14.9 Å². The number of hydrogen-bond donors (Lipinski definition) is 3. The van der Waals surface area contributed by atoms with Crippen molar-refractivity contribution < 1.29 is 34.1 Å². The van der Waals surface area contributed by atoms with Crippen LogP contribution >= 0.6 is 0 Å². The first-order valence-electron chi connectivity index (χ1n) is 9.88. The molecule has 4 rings (SSSR count). The molecular weight excluding hydrogens is 423 g/mol. The monoisotopic (exact) mass is 446 g/mol. The van der Waals surface area contributed by atoms with E-state index in [9.17, 15) is 24.2 Å². The van der Waals surface area contributed by atoms with E-state index in [-0.39, 0.29) is 36.2 Å². The zero-order chi connectivity index (χ0) is 23.3. The van der Waals surface area contributed by atoms with Gasteiger partial charge >= 0.3 is 5.97 Å². The Bertz CT molecular complexity index is 1010. The molecular formula is C21H23FN4O6. The molecule has 0 bridgehead atoms. The van der Waals surface area contributed by atoms with Gasteiger partial charge in [0.05, 0.1) is 11.9 Å². The molecule has 0 aromatic carbocycles. The highest BCUT2D eigenvalue weighted by Gasteiger charge is 2.53. The molecule has 0 radical (unpaired) electrons. The zero-order valence-electron chi connectivity index (χ0n) is 17.1. The van der Waals surface area contributed by atoms with Crippen LogP contribution in [0.2, 0.25) is 0 Å². The van der Waals surface area contributed by atoms with E-state index >= 15 is 0 Å². The van der Waals surface area contributed by atoms with Crippen LogP contribution in [0.5, 0.6) is 5.75 Å². The molecule has 2 atom stereocenters. The van der Waals surface area contributed by atoms with Gasteiger partial charge in [0, 0.05) is 56.3 Å². The topological polar surface area (TPSA) is 144 Å². The lowest BCUT2D eigenvalue weighted by molar-refractivity contribution is -0.137.